The van der Waals surface area contributed by atoms with Crippen molar-refractivity contribution in [3.05, 3.63) is 11.9 Å². The van der Waals surface area contributed by atoms with Crippen LogP contribution >= 0.6 is 0 Å². The summed E-state index contributed by atoms with van der Waals surface area (Å²) in [6.45, 7) is 3.51. The van der Waals surface area contributed by atoms with Crippen LogP contribution in [0.5, 0.6) is 0 Å². The van der Waals surface area contributed by atoms with E-state index in [0.717, 1.165) is 6.20 Å². The summed E-state index contributed by atoms with van der Waals surface area (Å²) in [5.41, 5.74) is 0.340. The largest absolute Gasteiger partial charge is 0.505 e. The molecule has 0 bridgehead atoms. The third kappa shape index (κ3) is 1.75. The first kappa shape index (κ1) is 9.02. The Morgan fingerprint density at radius 1 is 1.42 bits per heavy atom. The molecule has 1 aromatic rings. The fourth-order valence-electron chi connectivity index (χ4n) is 0.665. The van der Waals surface area contributed by atoms with Crippen molar-refractivity contribution in [3.8, 4) is 0 Å². The summed E-state index contributed by atoms with van der Waals surface area (Å²) in [7, 11) is 0. The summed E-state index contributed by atoms with van der Waals surface area (Å²) in [5, 5.41) is 6.33. The van der Waals surface area contributed by atoms with Crippen molar-refractivity contribution in [3.63, 3.8) is 0 Å². The summed E-state index contributed by atoms with van der Waals surface area (Å²) in [4.78, 5) is 0. The fourth-order valence-corrected chi connectivity index (χ4v) is 0.665. The van der Waals surface area contributed by atoms with Crippen LogP contribution in [-0.2, 0) is 6.30 Å². The molecule has 1 aromatic heterocycles. The zero-order valence-corrected chi connectivity index (χ0v) is 6.63. The average Bonchev–Trinajstić information content (AvgIpc) is 2.30. The standard InChI is InChI=1S/C6H8F3N3/c1-4(2)5-3-12(11-10-5)6(7,8)9/h3-4H,1-2H3. The van der Waals surface area contributed by atoms with Gasteiger partial charge in [-0.2, -0.15) is 4.68 Å². The van der Waals surface area contributed by atoms with E-state index in [4.69, 9.17) is 0 Å². The monoisotopic (exact) mass is 179 g/mol. The first-order chi connectivity index (χ1) is 5.41. The van der Waals surface area contributed by atoms with Crippen molar-refractivity contribution in [2.75, 3.05) is 0 Å². The maximum atomic E-state index is 11.9. The molecule has 0 amide bonds. The molecule has 0 unspecified atom stereocenters. The van der Waals surface area contributed by atoms with Crippen molar-refractivity contribution in [2.24, 2.45) is 0 Å². The summed E-state index contributed by atoms with van der Waals surface area (Å²) in [5.74, 6) is -0.0406. The lowest BCUT2D eigenvalue weighted by Gasteiger charge is -2.02. The van der Waals surface area contributed by atoms with E-state index in [1.807, 2.05) is 0 Å². The Morgan fingerprint density at radius 3 is 2.25 bits per heavy atom. The summed E-state index contributed by atoms with van der Waals surface area (Å²) >= 11 is 0. The Hall–Kier alpha value is -1.07. The zero-order valence-electron chi connectivity index (χ0n) is 6.63. The fraction of sp³-hybridized carbons (Fsp3) is 0.667. The second-order valence-electron chi connectivity index (χ2n) is 2.71. The van der Waals surface area contributed by atoms with Crippen LogP contribution in [0, 0.1) is 0 Å². The first-order valence-corrected chi connectivity index (χ1v) is 3.40. The summed E-state index contributed by atoms with van der Waals surface area (Å²) in [6, 6.07) is 0. The van der Waals surface area contributed by atoms with E-state index in [1.54, 1.807) is 13.8 Å². The minimum Gasteiger partial charge on any atom is -0.158 e. The maximum absolute atomic E-state index is 11.9. The molecule has 3 nitrogen and oxygen atoms in total. The van der Waals surface area contributed by atoms with Crippen LogP contribution in [0.1, 0.15) is 25.5 Å². The van der Waals surface area contributed by atoms with E-state index in [-0.39, 0.29) is 10.6 Å². The number of nitrogens with zero attached hydrogens (tertiary/aromatic N) is 3. The normalized spacial score (nSPS) is 12.5. The number of alkyl halides is 3. The van der Waals surface area contributed by atoms with Gasteiger partial charge in [0.15, 0.2) is 0 Å². The van der Waals surface area contributed by atoms with Crippen molar-refractivity contribution in [1.29, 1.82) is 0 Å². The van der Waals surface area contributed by atoms with Gasteiger partial charge in [-0.1, -0.05) is 19.1 Å². The van der Waals surface area contributed by atoms with Gasteiger partial charge in [-0.25, -0.2) is 0 Å². The van der Waals surface area contributed by atoms with Gasteiger partial charge in [-0.05, 0) is 5.92 Å². The van der Waals surface area contributed by atoms with Gasteiger partial charge in [0.25, 0.3) is 0 Å². The highest BCUT2D eigenvalue weighted by Crippen LogP contribution is 2.21. The molecule has 0 aliphatic rings. The highest BCUT2D eigenvalue weighted by atomic mass is 19.4. The molecule has 0 radical (unpaired) electrons. The Balaban J connectivity index is 2.92. The van der Waals surface area contributed by atoms with E-state index in [1.165, 1.54) is 0 Å². The minimum absolute atomic E-state index is 0.0406. The number of rotatable bonds is 1. The van der Waals surface area contributed by atoms with Gasteiger partial charge in [-0.15, -0.1) is 18.3 Å². The highest BCUT2D eigenvalue weighted by molar-refractivity contribution is 4.98. The summed E-state index contributed by atoms with van der Waals surface area (Å²) < 4.78 is 35.7. The molecule has 12 heavy (non-hydrogen) atoms. The predicted molar refractivity (Wildman–Crippen MR) is 35.4 cm³/mol. The first-order valence-electron chi connectivity index (χ1n) is 3.40. The van der Waals surface area contributed by atoms with Gasteiger partial charge in [0, 0.05) is 0 Å². The van der Waals surface area contributed by atoms with Gasteiger partial charge in [0.2, 0.25) is 0 Å². The molecule has 0 saturated carbocycles. The molecule has 0 saturated heterocycles. The number of aromatic nitrogens is 3. The molecule has 0 fully saturated rings. The van der Waals surface area contributed by atoms with Crippen LogP contribution < -0.4 is 0 Å². The molecular weight excluding hydrogens is 171 g/mol. The van der Waals surface area contributed by atoms with Crippen LogP contribution in [0.25, 0.3) is 0 Å². The third-order valence-corrected chi connectivity index (χ3v) is 1.36. The third-order valence-electron chi connectivity index (χ3n) is 1.36. The molecule has 0 aliphatic heterocycles. The quantitative estimate of drug-likeness (QED) is 0.658. The number of halogens is 3. The van der Waals surface area contributed by atoms with Gasteiger partial charge >= 0.3 is 6.30 Å². The van der Waals surface area contributed by atoms with E-state index >= 15 is 0 Å². The molecule has 0 atom stereocenters. The average molecular weight is 179 g/mol. The van der Waals surface area contributed by atoms with Crippen molar-refractivity contribution >= 4 is 0 Å². The van der Waals surface area contributed by atoms with Crippen LogP contribution in [0.3, 0.4) is 0 Å². The highest BCUT2D eigenvalue weighted by Gasteiger charge is 2.32. The van der Waals surface area contributed by atoms with E-state index in [0.29, 0.717) is 5.69 Å². The van der Waals surface area contributed by atoms with E-state index in [9.17, 15) is 13.2 Å². The lowest BCUT2D eigenvalue weighted by Crippen LogP contribution is -2.17. The van der Waals surface area contributed by atoms with Gasteiger partial charge in [0.05, 0.1) is 11.9 Å². The van der Waals surface area contributed by atoms with Crippen LogP contribution in [-0.4, -0.2) is 15.0 Å². The molecule has 1 heterocycles. The van der Waals surface area contributed by atoms with Gasteiger partial charge in [0.1, 0.15) is 0 Å². The SMILES string of the molecule is CC(C)c1cn(C(F)(F)F)nn1. The van der Waals surface area contributed by atoms with Crippen molar-refractivity contribution < 1.29 is 13.2 Å². The van der Waals surface area contributed by atoms with E-state index < -0.39 is 6.30 Å². The zero-order chi connectivity index (χ0) is 9.35. The summed E-state index contributed by atoms with van der Waals surface area (Å²) in [6.07, 6.45) is -3.56. The van der Waals surface area contributed by atoms with E-state index in [2.05, 4.69) is 10.3 Å². The lowest BCUT2D eigenvalue weighted by atomic mass is 10.2. The molecular formula is C6H8F3N3. The molecule has 0 aliphatic carbocycles. The lowest BCUT2D eigenvalue weighted by molar-refractivity contribution is -0.213. The van der Waals surface area contributed by atoms with Crippen LogP contribution in [0.15, 0.2) is 6.20 Å². The predicted octanol–water partition coefficient (Wildman–Crippen LogP) is 1.88. The van der Waals surface area contributed by atoms with Crippen molar-refractivity contribution in [2.45, 2.75) is 26.1 Å². The smallest absolute Gasteiger partial charge is 0.158 e. The Morgan fingerprint density at radius 2 is 2.00 bits per heavy atom. The Labute approximate surface area is 67.2 Å². The number of hydrogen-bond donors (Lipinski definition) is 0. The molecule has 1 rings (SSSR count). The molecule has 6 heteroatoms. The molecule has 68 valence electrons. The molecule has 0 spiro atoms. The van der Waals surface area contributed by atoms with Gasteiger partial charge < -0.3 is 0 Å². The van der Waals surface area contributed by atoms with Crippen molar-refractivity contribution in [1.82, 2.24) is 15.0 Å². The van der Waals surface area contributed by atoms with Gasteiger partial charge in [-0.3, -0.25) is 0 Å². The Bertz CT molecular complexity index is 263. The second kappa shape index (κ2) is 2.76. The van der Waals surface area contributed by atoms with Crippen LogP contribution in [0.4, 0.5) is 13.2 Å². The molecule has 0 N–H and O–H groups in total. The molecule has 0 aromatic carbocycles. The number of hydrogen-bond acceptors (Lipinski definition) is 2. The van der Waals surface area contributed by atoms with Crippen LogP contribution in [0.2, 0.25) is 0 Å². The maximum Gasteiger partial charge on any atom is 0.505 e. The topological polar surface area (TPSA) is 30.7 Å². The minimum atomic E-state index is -4.46. The second-order valence-corrected chi connectivity index (χ2v) is 2.71. The Kier molecular flexibility index (Phi) is 2.08.